The Morgan fingerprint density at radius 3 is 2.58 bits per heavy atom. The number of para-hydroxylation sites is 2. The van der Waals surface area contributed by atoms with Crippen LogP contribution in [-0.4, -0.2) is 33.9 Å². The van der Waals surface area contributed by atoms with Crippen molar-refractivity contribution in [3.63, 3.8) is 0 Å². The van der Waals surface area contributed by atoms with E-state index in [4.69, 9.17) is 14.5 Å². The number of nitrogens with one attached hydrogen (secondary N) is 2. The van der Waals surface area contributed by atoms with Crippen LogP contribution in [0.3, 0.4) is 0 Å². The van der Waals surface area contributed by atoms with Crippen LogP contribution >= 0.6 is 0 Å². The summed E-state index contributed by atoms with van der Waals surface area (Å²) in [5.41, 5.74) is 7.15. The molecule has 3 aromatic carbocycles. The monoisotopic (exact) mass is 412 g/mol. The molecule has 0 radical (unpaired) electrons. The van der Waals surface area contributed by atoms with Gasteiger partial charge in [-0.15, -0.1) is 0 Å². The third-order valence-electron chi connectivity index (χ3n) is 5.56. The minimum atomic E-state index is 0.601. The van der Waals surface area contributed by atoms with Crippen LogP contribution in [0.1, 0.15) is 19.4 Å². The zero-order valence-electron chi connectivity index (χ0n) is 17.8. The van der Waals surface area contributed by atoms with E-state index in [0.29, 0.717) is 6.61 Å². The maximum Gasteiger partial charge on any atom is 0.161 e. The van der Waals surface area contributed by atoms with Crippen molar-refractivity contribution in [3.05, 3.63) is 60.2 Å². The Labute approximate surface area is 180 Å². The average Bonchev–Trinajstić information content (AvgIpc) is 3.42. The third kappa shape index (κ3) is 3.30. The molecular formula is C25H24N4O2. The van der Waals surface area contributed by atoms with Gasteiger partial charge < -0.3 is 14.5 Å². The first-order valence-electron chi connectivity index (χ1n) is 10.5. The number of imidazole rings is 1. The van der Waals surface area contributed by atoms with Gasteiger partial charge in [0.25, 0.3) is 0 Å². The van der Waals surface area contributed by atoms with Gasteiger partial charge in [-0.25, -0.2) is 4.98 Å². The SMILES string of the molecule is CCOc1cc(CC)c(-c2ccc3c(-c4nc5ccccc5[nH]4)n[nH]c3c2)cc1OC. The number of methoxy groups -OCH3 is 1. The molecule has 0 atom stereocenters. The minimum absolute atomic E-state index is 0.601. The van der Waals surface area contributed by atoms with Crippen LogP contribution in [-0.2, 0) is 6.42 Å². The Morgan fingerprint density at radius 1 is 0.935 bits per heavy atom. The number of aromatic nitrogens is 4. The molecule has 0 spiro atoms. The van der Waals surface area contributed by atoms with E-state index in [1.165, 1.54) is 5.56 Å². The fourth-order valence-electron chi connectivity index (χ4n) is 4.02. The second kappa shape index (κ2) is 7.80. The number of aryl methyl sites for hydroxylation is 1. The fourth-order valence-corrected chi connectivity index (χ4v) is 4.02. The quantitative estimate of drug-likeness (QED) is 0.373. The van der Waals surface area contributed by atoms with E-state index < -0.39 is 0 Å². The highest BCUT2D eigenvalue weighted by Gasteiger charge is 2.16. The van der Waals surface area contributed by atoms with Crippen molar-refractivity contribution in [2.24, 2.45) is 0 Å². The Bertz CT molecular complexity index is 1350. The van der Waals surface area contributed by atoms with E-state index in [1.54, 1.807) is 7.11 Å². The van der Waals surface area contributed by atoms with E-state index in [2.05, 4.69) is 52.4 Å². The topological polar surface area (TPSA) is 75.8 Å². The molecule has 156 valence electrons. The smallest absolute Gasteiger partial charge is 0.161 e. The molecule has 0 aliphatic carbocycles. The van der Waals surface area contributed by atoms with Crippen molar-refractivity contribution < 1.29 is 9.47 Å². The van der Waals surface area contributed by atoms with E-state index in [-0.39, 0.29) is 0 Å². The van der Waals surface area contributed by atoms with Gasteiger partial charge in [0, 0.05) is 5.39 Å². The number of aromatic amines is 2. The summed E-state index contributed by atoms with van der Waals surface area (Å²) in [5, 5.41) is 8.75. The van der Waals surface area contributed by atoms with Gasteiger partial charge >= 0.3 is 0 Å². The molecule has 0 saturated heterocycles. The molecule has 6 nitrogen and oxygen atoms in total. The van der Waals surface area contributed by atoms with Gasteiger partial charge in [0.1, 0.15) is 5.69 Å². The molecule has 0 bridgehead atoms. The van der Waals surface area contributed by atoms with Crippen LogP contribution in [0.2, 0.25) is 0 Å². The van der Waals surface area contributed by atoms with E-state index >= 15 is 0 Å². The number of nitrogens with zero attached hydrogens (tertiary/aromatic N) is 2. The Morgan fingerprint density at radius 2 is 1.81 bits per heavy atom. The predicted molar refractivity (Wildman–Crippen MR) is 124 cm³/mol. The number of hydrogen-bond acceptors (Lipinski definition) is 4. The van der Waals surface area contributed by atoms with Crippen LogP contribution in [0.5, 0.6) is 11.5 Å². The lowest BCUT2D eigenvalue weighted by Gasteiger charge is -2.15. The molecule has 2 aromatic heterocycles. The van der Waals surface area contributed by atoms with Crippen molar-refractivity contribution in [1.29, 1.82) is 0 Å². The van der Waals surface area contributed by atoms with E-state index in [9.17, 15) is 0 Å². The summed E-state index contributed by atoms with van der Waals surface area (Å²) in [6.07, 6.45) is 0.894. The summed E-state index contributed by atoms with van der Waals surface area (Å²) in [4.78, 5) is 8.06. The van der Waals surface area contributed by atoms with Crippen LogP contribution < -0.4 is 9.47 Å². The molecule has 2 heterocycles. The van der Waals surface area contributed by atoms with Crippen LogP contribution in [0, 0.1) is 0 Å². The second-order valence-corrected chi connectivity index (χ2v) is 7.38. The molecule has 6 heteroatoms. The second-order valence-electron chi connectivity index (χ2n) is 7.38. The third-order valence-corrected chi connectivity index (χ3v) is 5.56. The first kappa shape index (κ1) is 19.2. The van der Waals surface area contributed by atoms with Gasteiger partial charge in [0.15, 0.2) is 17.3 Å². The molecule has 0 amide bonds. The summed E-state index contributed by atoms with van der Waals surface area (Å²) in [6, 6.07) is 18.5. The van der Waals surface area contributed by atoms with Gasteiger partial charge in [0.2, 0.25) is 0 Å². The highest BCUT2D eigenvalue weighted by atomic mass is 16.5. The predicted octanol–water partition coefficient (Wildman–Crippen LogP) is 5.74. The highest BCUT2D eigenvalue weighted by Crippen LogP contribution is 2.38. The molecule has 2 N–H and O–H groups in total. The molecule has 31 heavy (non-hydrogen) atoms. The van der Waals surface area contributed by atoms with Crippen molar-refractivity contribution in [1.82, 2.24) is 20.2 Å². The zero-order chi connectivity index (χ0) is 21.4. The minimum Gasteiger partial charge on any atom is -0.493 e. The first-order chi connectivity index (χ1) is 15.2. The van der Waals surface area contributed by atoms with Crippen LogP contribution in [0.15, 0.2) is 54.6 Å². The Kier molecular flexibility index (Phi) is 4.82. The maximum atomic E-state index is 5.76. The summed E-state index contributed by atoms with van der Waals surface area (Å²) >= 11 is 0. The van der Waals surface area contributed by atoms with E-state index in [0.717, 1.165) is 62.5 Å². The molecule has 0 saturated carbocycles. The molecular weight excluding hydrogens is 388 g/mol. The van der Waals surface area contributed by atoms with Crippen molar-refractivity contribution >= 4 is 21.9 Å². The molecule has 0 aliphatic heterocycles. The van der Waals surface area contributed by atoms with Gasteiger partial charge in [-0.2, -0.15) is 5.10 Å². The van der Waals surface area contributed by atoms with Crippen LogP contribution in [0.25, 0.3) is 44.6 Å². The van der Waals surface area contributed by atoms with E-state index in [1.807, 2.05) is 31.2 Å². The highest BCUT2D eigenvalue weighted by molar-refractivity contribution is 5.95. The molecule has 0 fully saturated rings. The summed E-state index contributed by atoms with van der Waals surface area (Å²) in [7, 11) is 1.67. The number of hydrogen-bond donors (Lipinski definition) is 2. The van der Waals surface area contributed by atoms with Crippen molar-refractivity contribution in [2.45, 2.75) is 20.3 Å². The number of rotatable bonds is 6. The Hall–Kier alpha value is -3.80. The standard InChI is InChI=1S/C25H24N4O2/c1-4-15-13-23(31-5-2)22(30-3)14-18(15)16-10-11-17-21(12-16)28-29-24(17)25-26-19-8-6-7-9-20(19)27-25/h6-14H,4-5H2,1-3H3,(H,26,27)(H,28,29). The lowest BCUT2D eigenvalue weighted by molar-refractivity contribution is 0.310. The maximum absolute atomic E-state index is 5.76. The van der Waals surface area contributed by atoms with Gasteiger partial charge in [-0.3, -0.25) is 5.10 Å². The Balaban J connectivity index is 1.60. The van der Waals surface area contributed by atoms with Gasteiger partial charge in [0.05, 0.1) is 30.3 Å². The summed E-state index contributed by atoms with van der Waals surface area (Å²) in [6.45, 7) is 4.73. The lowest BCUT2D eigenvalue weighted by Crippen LogP contribution is -1.98. The fraction of sp³-hybridized carbons (Fsp3) is 0.200. The lowest BCUT2D eigenvalue weighted by atomic mass is 9.96. The molecule has 0 aliphatic rings. The van der Waals surface area contributed by atoms with Crippen LogP contribution in [0.4, 0.5) is 0 Å². The number of benzene rings is 3. The van der Waals surface area contributed by atoms with Crippen molar-refractivity contribution in [3.8, 4) is 34.1 Å². The number of H-pyrrole nitrogens is 2. The zero-order valence-corrected chi connectivity index (χ0v) is 17.8. The van der Waals surface area contributed by atoms with Gasteiger partial charge in [-0.05, 0) is 66.4 Å². The summed E-state index contributed by atoms with van der Waals surface area (Å²) < 4.78 is 11.3. The number of fused-ring (bicyclic) bond motifs is 2. The molecule has 5 rings (SSSR count). The van der Waals surface area contributed by atoms with Gasteiger partial charge in [-0.1, -0.05) is 25.1 Å². The normalized spacial score (nSPS) is 11.3. The molecule has 5 aromatic rings. The summed E-state index contributed by atoms with van der Waals surface area (Å²) in [5.74, 6) is 2.28. The molecule has 0 unspecified atom stereocenters. The first-order valence-corrected chi connectivity index (χ1v) is 10.5. The average molecular weight is 412 g/mol. The number of ether oxygens (including phenoxy) is 2. The largest absolute Gasteiger partial charge is 0.493 e. The van der Waals surface area contributed by atoms with Crippen molar-refractivity contribution in [2.75, 3.05) is 13.7 Å².